The molecule has 0 aromatic carbocycles. The van der Waals surface area contributed by atoms with E-state index in [9.17, 15) is 14.7 Å². The molecule has 0 N–H and O–H groups in total. The van der Waals surface area contributed by atoms with Gasteiger partial charge in [-0.05, 0) is 24.2 Å². The molecule has 23 heavy (non-hydrogen) atoms. The molecule has 0 radical (unpaired) electrons. The number of Topliss-reactive ketones (excluding diaryl/α,β-unsaturated/α-hetero) is 1. The minimum Gasteiger partial charge on any atom is -0.542 e. The summed E-state index contributed by atoms with van der Waals surface area (Å²) in [4.78, 5) is 21.7. The molecule has 0 aliphatic rings. The van der Waals surface area contributed by atoms with Crippen molar-refractivity contribution in [2.24, 2.45) is 23.7 Å². The van der Waals surface area contributed by atoms with Gasteiger partial charge in [0, 0.05) is 5.92 Å². The standard InChI is InChI=1S/C20H38O3/c1-15(2)9-6-10-16(3)11-7-12-17(4)13-8-14-18(5)19(21)20(22)23/h15-18H,6-14H2,1-5H3,(H,22,23)/p-1. The van der Waals surface area contributed by atoms with Crippen LogP contribution < -0.4 is 5.11 Å². The zero-order chi connectivity index (χ0) is 17.8. The topological polar surface area (TPSA) is 57.2 Å². The zero-order valence-corrected chi connectivity index (χ0v) is 15.9. The highest BCUT2D eigenvalue weighted by Crippen LogP contribution is 2.22. The van der Waals surface area contributed by atoms with Gasteiger partial charge in [-0.2, -0.15) is 0 Å². The molecular weight excluding hydrogens is 288 g/mol. The lowest BCUT2D eigenvalue weighted by atomic mass is 9.90. The minimum absolute atomic E-state index is 0.409. The Hall–Kier alpha value is -0.860. The highest BCUT2D eigenvalue weighted by Gasteiger charge is 2.14. The van der Waals surface area contributed by atoms with Gasteiger partial charge in [-0.1, -0.05) is 86.0 Å². The fourth-order valence-electron chi connectivity index (χ4n) is 3.08. The van der Waals surface area contributed by atoms with E-state index in [1.54, 1.807) is 6.92 Å². The molecule has 0 aromatic heterocycles. The second-order valence-corrected chi connectivity index (χ2v) is 7.95. The highest BCUT2D eigenvalue weighted by molar-refractivity contribution is 6.32. The molecule has 0 rings (SSSR count). The van der Waals surface area contributed by atoms with E-state index in [1.807, 2.05) is 0 Å². The molecule has 0 fully saturated rings. The molecule has 0 saturated heterocycles. The molecule has 0 heterocycles. The van der Waals surface area contributed by atoms with Crippen LogP contribution in [0.3, 0.4) is 0 Å². The number of hydrogen-bond donors (Lipinski definition) is 0. The summed E-state index contributed by atoms with van der Waals surface area (Å²) in [6, 6.07) is 0. The van der Waals surface area contributed by atoms with Crippen molar-refractivity contribution in [2.75, 3.05) is 0 Å². The highest BCUT2D eigenvalue weighted by atomic mass is 16.4. The zero-order valence-electron chi connectivity index (χ0n) is 15.9. The van der Waals surface area contributed by atoms with Crippen LogP contribution in [0.4, 0.5) is 0 Å². The second kappa shape index (κ2) is 12.5. The van der Waals surface area contributed by atoms with Gasteiger partial charge in [-0.25, -0.2) is 0 Å². The molecule has 0 bridgehead atoms. The Morgan fingerprint density at radius 2 is 1.09 bits per heavy atom. The third kappa shape index (κ3) is 12.3. The summed E-state index contributed by atoms with van der Waals surface area (Å²) in [7, 11) is 0. The molecule has 0 aromatic rings. The van der Waals surface area contributed by atoms with Gasteiger partial charge in [0.1, 0.15) is 5.97 Å². The fourth-order valence-corrected chi connectivity index (χ4v) is 3.08. The Kier molecular flexibility index (Phi) is 12.1. The largest absolute Gasteiger partial charge is 0.542 e. The lowest BCUT2D eigenvalue weighted by molar-refractivity contribution is -0.300. The summed E-state index contributed by atoms with van der Waals surface area (Å²) in [6.07, 6.45) is 10.5. The lowest BCUT2D eigenvalue weighted by Gasteiger charge is -2.16. The second-order valence-electron chi connectivity index (χ2n) is 7.95. The molecule has 3 atom stereocenters. The van der Waals surface area contributed by atoms with E-state index in [4.69, 9.17) is 0 Å². The average Bonchev–Trinajstić information content (AvgIpc) is 2.45. The number of rotatable bonds is 14. The monoisotopic (exact) mass is 325 g/mol. The number of carbonyl (C=O) groups excluding carboxylic acids is 2. The molecule has 3 nitrogen and oxygen atoms in total. The molecule has 3 unspecified atom stereocenters. The first-order valence-corrected chi connectivity index (χ1v) is 9.49. The van der Waals surface area contributed by atoms with E-state index in [0.29, 0.717) is 12.3 Å². The van der Waals surface area contributed by atoms with Gasteiger partial charge in [0.05, 0.1) is 0 Å². The summed E-state index contributed by atoms with van der Waals surface area (Å²) in [5, 5.41) is 10.5. The van der Waals surface area contributed by atoms with Gasteiger partial charge in [0.15, 0.2) is 5.78 Å². The first-order valence-electron chi connectivity index (χ1n) is 9.49. The molecule has 0 saturated carbocycles. The van der Waals surface area contributed by atoms with Crippen LogP contribution in [0.2, 0.25) is 0 Å². The SMILES string of the molecule is CC(C)CCCC(C)CCCC(C)CCCC(C)C(=O)C(=O)[O-]. The molecule has 3 heteroatoms. The van der Waals surface area contributed by atoms with Gasteiger partial charge in [0.2, 0.25) is 0 Å². The predicted molar refractivity (Wildman–Crippen MR) is 93.9 cm³/mol. The van der Waals surface area contributed by atoms with Crippen LogP contribution in [-0.4, -0.2) is 11.8 Å². The van der Waals surface area contributed by atoms with Crippen molar-refractivity contribution >= 4 is 11.8 Å². The van der Waals surface area contributed by atoms with Gasteiger partial charge in [-0.3, -0.25) is 4.79 Å². The van der Waals surface area contributed by atoms with E-state index in [1.165, 1.54) is 38.5 Å². The molecule has 136 valence electrons. The predicted octanol–water partition coefficient (Wildman–Crippen LogP) is 4.38. The first kappa shape index (κ1) is 22.1. The molecular formula is C20H37O3-. The average molecular weight is 326 g/mol. The Balaban J connectivity index is 3.65. The third-order valence-electron chi connectivity index (χ3n) is 4.86. The van der Waals surface area contributed by atoms with E-state index in [2.05, 4.69) is 27.7 Å². The molecule has 0 spiro atoms. The summed E-state index contributed by atoms with van der Waals surface area (Å²) in [5.74, 6) is -0.420. The Bertz CT molecular complexity index is 336. The van der Waals surface area contributed by atoms with Gasteiger partial charge < -0.3 is 9.90 Å². The fraction of sp³-hybridized carbons (Fsp3) is 0.900. The normalized spacial score (nSPS) is 15.4. The maximum absolute atomic E-state index is 11.2. The van der Waals surface area contributed by atoms with Gasteiger partial charge in [0.25, 0.3) is 0 Å². The van der Waals surface area contributed by atoms with Crippen molar-refractivity contribution in [3.63, 3.8) is 0 Å². The van der Waals surface area contributed by atoms with Crippen molar-refractivity contribution in [1.82, 2.24) is 0 Å². The molecule has 0 aliphatic carbocycles. The summed E-state index contributed by atoms with van der Waals surface area (Å²) < 4.78 is 0. The number of hydrogen-bond acceptors (Lipinski definition) is 3. The van der Waals surface area contributed by atoms with Crippen molar-refractivity contribution in [3.05, 3.63) is 0 Å². The maximum atomic E-state index is 11.2. The van der Waals surface area contributed by atoms with E-state index in [0.717, 1.165) is 24.7 Å². The Labute approximate surface area is 143 Å². The van der Waals surface area contributed by atoms with Crippen LogP contribution in [0.25, 0.3) is 0 Å². The number of carboxylic acids is 1. The number of carbonyl (C=O) groups is 2. The van der Waals surface area contributed by atoms with E-state index in [-0.39, 0.29) is 0 Å². The van der Waals surface area contributed by atoms with E-state index >= 15 is 0 Å². The van der Waals surface area contributed by atoms with Crippen LogP contribution in [0, 0.1) is 23.7 Å². The van der Waals surface area contributed by atoms with Crippen molar-refractivity contribution in [3.8, 4) is 0 Å². The molecule has 0 amide bonds. The molecule has 0 aliphatic heterocycles. The summed E-state index contributed by atoms with van der Waals surface area (Å²) in [5.41, 5.74) is 0. The maximum Gasteiger partial charge on any atom is 0.181 e. The van der Waals surface area contributed by atoms with Crippen LogP contribution >= 0.6 is 0 Å². The number of ketones is 1. The third-order valence-corrected chi connectivity index (χ3v) is 4.86. The van der Waals surface area contributed by atoms with Crippen LogP contribution in [0.15, 0.2) is 0 Å². The summed E-state index contributed by atoms with van der Waals surface area (Å²) in [6.45, 7) is 10.9. The van der Waals surface area contributed by atoms with Crippen molar-refractivity contribution in [2.45, 2.75) is 92.4 Å². The van der Waals surface area contributed by atoms with Crippen molar-refractivity contribution < 1.29 is 14.7 Å². The smallest absolute Gasteiger partial charge is 0.181 e. The quantitative estimate of drug-likeness (QED) is 0.445. The van der Waals surface area contributed by atoms with Gasteiger partial charge >= 0.3 is 0 Å². The summed E-state index contributed by atoms with van der Waals surface area (Å²) >= 11 is 0. The van der Waals surface area contributed by atoms with Crippen LogP contribution in [-0.2, 0) is 9.59 Å². The number of aliphatic carboxylic acids is 1. The van der Waals surface area contributed by atoms with Crippen LogP contribution in [0.5, 0.6) is 0 Å². The van der Waals surface area contributed by atoms with E-state index < -0.39 is 17.7 Å². The lowest BCUT2D eigenvalue weighted by Crippen LogP contribution is -2.35. The number of carboxylic acid groups (broad SMARTS) is 1. The van der Waals surface area contributed by atoms with Crippen LogP contribution in [0.1, 0.15) is 92.4 Å². The minimum atomic E-state index is -1.54. The van der Waals surface area contributed by atoms with Crippen molar-refractivity contribution in [1.29, 1.82) is 0 Å². The first-order chi connectivity index (χ1) is 10.7. The van der Waals surface area contributed by atoms with Gasteiger partial charge in [-0.15, -0.1) is 0 Å². The Morgan fingerprint density at radius 1 is 0.696 bits per heavy atom. The Morgan fingerprint density at radius 3 is 1.48 bits per heavy atom.